The molecule has 0 unspecified atom stereocenters. The highest BCUT2D eigenvalue weighted by atomic mass is 19.4. The van der Waals surface area contributed by atoms with Gasteiger partial charge < -0.3 is 20.3 Å². The number of fused-ring (bicyclic) bond motifs is 1. The molecule has 2 saturated heterocycles. The van der Waals surface area contributed by atoms with Gasteiger partial charge in [-0.1, -0.05) is 12.1 Å². The second-order valence-corrected chi connectivity index (χ2v) is 9.12. The van der Waals surface area contributed by atoms with Crippen molar-refractivity contribution in [1.29, 1.82) is 0 Å². The number of ether oxygens (including phenoxy) is 1. The fraction of sp³-hybridized carbons (Fsp3) is 0.609. The molecule has 1 aromatic rings. The molecule has 1 saturated carbocycles. The molecule has 4 rings (SSSR count). The van der Waals surface area contributed by atoms with Crippen LogP contribution in [0.2, 0.25) is 0 Å². The van der Waals surface area contributed by atoms with Crippen molar-refractivity contribution in [3.8, 4) is 0 Å². The average Bonchev–Trinajstić information content (AvgIpc) is 3.11. The predicted molar refractivity (Wildman–Crippen MR) is 112 cm³/mol. The Morgan fingerprint density at radius 2 is 1.79 bits per heavy atom. The molecule has 2 heterocycles. The molecule has 3 atom stereocenters. The SMILES string of the molecule is O=C1CN(C(=O)C2CCOCC2)C[C@H]2C[C@H](C(=O)NCc3ccc(C(F)(F)F)cc3)C[C@H]2N1. The van der Waals surface area contributed by atoms with E-state index in [4.69, 9.17) is 4.74 Å². The number of carbonyl (C=O) groups is 3. The fourth-order valence-corrected chi connectivity index (χ4v) is 5.01. The maximum Gasteiger partial charge on any atom is 0.416 e. The molecule has 3 aliphatic rings. The quantitative estimate of drug-likeness (QED) is 0.710. The summed E-state index contributed by atoms with van der Waals surface area (Å²) in [5.74, 6) is -0.903. The van der Waals surface area contributed by atoms with Crippen LogP contribution >= 0.6 is 0 Å². The third kappa shape index (κ3) is 5.66. The Balaban J connectivity index is 1.32. The number of carbonyl (C=O) groups excluding carboxylic acids is 3. The Kier molecular flexibility index (Phi) is 6.92. The largest absolute Gasteiger partial charge is 0.416 e. The van der Waals surface area contributed by atoms with Gasteiger partial charge in [-0.15, -0.1) is 0 Å². The first-order chi connectivity index (χ1) is 15.7. The van der Waals surface area contributed by atoms with Crippen LogP contribution in [0.3, 0.4) is 0 Å². The first kappa shape index (κ1) is 23.5. The highest BCUT2D eigenvalue weighted by Gasteiger charge is 2.43. The van der Waals surface area contributed by atoms with Crippen LogP contribution in [0.4, 0.5) is 13.2 Å². The van der Waals surface area contributed by atoms with Crippen molar-refractivity contribution < 1.29 is 32.3 Å². The molecule has 180 valence electrons. The van der Waals surface area contributed by atoms with Crippen molar-refractivity contribution >= 4 is 17.7 Å². The molecule has 0 spiro atoms. The van der Waals surface area contributed by atoms with E-state index in [1.54, 1.807) is 4.90 Å². The molecule has 1 aliphatic carbocycles. The molecule has 2 aliphatic heterocycles. The summed E-state index contributed by atoms with van der Waals surface area (Å²) in [5, 5.41) is 5.76. The predicted octanol–water partition coefficient (Wildman–Crippen LogP) is 2.10. The standard InChI is InChI=1S/C23H28F3N3O4/c24-23(25,26)18-3-1-14(2-4-18)11-27-21(31)16-9-17-12-29(13-20(30)28-19(17)10-16)22(32)15-5-7-33-8-6-15/h1-4,15-17,19H,5-13H2,(H,27,31)(H,28,30)/t16-,17+,19+/m0/s1. The third-order valence-electron chi connectivity index (χ3n) is 6.83. The van der Waals surface area contributed by atoms with Gasteiger partial charge in [0.1, 0.15) is 0 Å². The molecule has 10 heteroatoms. The number of hydrogen-bond acceptors (Lipinski definition) is 4. The minimum absolute atomic E-state index is 0.0120. The van der Waals surface area contributed by atoms with Crippen LogP contribution in [0.5, 0.6) is 0 Å². The van der Waals surface area contributed by atoms with E-state index in [1.165, 1.54) is 12.1 Å². The van der Waals surface area contributed by atoms with Crippen LogP contribution < -0.4 is 10.6 Å². The number of alkyl halides is 3. The fourth-order valence-electron chi connectivity index (χ4n) is 5.01. The minimum Gasteiger partial charge on any atom is -0.381 e. The number of rotatable bonds is 4. The number of halogens is 3. The van der Waals surface area contributed by atoms with Crippen LogP contribution in [0.1, 0.15) is 36.8 Å². The lowest BCUT2D eigenvalue weighted by molar-refractivity contribution is -0.141. The lowest BCUT2D eigenvalue weighted by atomic mass is 9.97. The Bertz CT molecular complexity index is 884. The van der Waals surface area contributed by atoms with E-state index >= 15 is 0 Å². The molecule has 3 fully saturated rings. The second kappa shape index (κ2) is 9.70. The van der Waals surface area contributed by atoms with E-state index in [9.17, 15) is 27.6 Å². The van der Waals surface area contributed by atoms with Crippen LogP contribution in [0.25, 0.3) is 0 Å². The minimum atomic E-state index is -4.40. The zero-order chi connectivity index (χ0) is 23.6. The Morgan fingerprint density at radius 1 is 1.09 bits per heavy atom. The zero-order valence-electron chi connectivity index (χ0n) is 18.2. The van der Waals surface area contributed by atoms with Gasteiger partial charge in [0.2, 0.25) is 17.7 Å². The summed E-state index contributed by atoms with van der Waals surface area (Å²) in [6, 6.07) is 4.51. The highest BCUT2D eigenvalue weighted by Crippen LogP contribution is 2.34. The number of hydrogen-bond donors (Lipinski definition) is 2. The first-order valence-corrected chi connectivity index (χ1v) is 11.3. The molecule has 0 radical (unpaired) electrons. The summed E-state index contributed by atoms with van der Waals surface area (Å²) < 4.78 is 43.4. The summed E-state index contributed by atoms with van der Waals surface area (Å²) in [7, 11) is 0. The molecule has 33 heavy (non-hydrogen) atoms. The Labute approximate surface area is 190 Å². The van der Waals surface area contributed by atoms with Crippen LogP contribution in [-0.4, -0.2) is 55.0 Å². The van der Waals surface area contributed by atoms with Gasteiger partial charge in [-0.3, -0.25) is 14.4 Å². The topological polar surface area (TPSA) is 87.7 Å². The lowest BCUT2D eigenvalue weighted by Gasteiger charge is -2.29. The van der Waals surface area contributed by atoms with Gasteiger partial charge in [0.05, 0.1) is 12.1 Å². The summed E-state index contributed by atoms with van der Waals surface area (Å²) in [6.07, 6.45) is -2.07. The van der Waals surface area contributed by atoms with Gasteiger partial charge in [-0.25, -0.2) is 0 Å². The van der Waals surface area contributed by atoms with Crippen LogP contribution in [0, 0.1) is 17.8 Å². The van der Waals surface area contributed by atoms with Crippen molar-refractivity contribution in [1.82, 2.24) is 15.5 Å². The average molecular weight is 467 g/mol. The Morgan fingerprint density at radius 3 is 2.45 bits per heavy atom. The van der Waals surface area contributed by atoms with Crippen molar-refractivity contribution in [3.05, 3.63) is 35.4 Å². The molecule has 0 bridgehead atoms. The van der Waals surface area contributed by atoms with E-state index in [1.807, 2.05) is 0 Å². The molecular formula is C23H28F3N3O4. The number of benzene rings is 1. The van der Waals surface area contributed by atoms with Gasteiger partial charge in [0, 0.05) is 44.2 Å². The Hall–Kier alpha value is -2.62. The van der Waals surface area contributed by atoms with Gasteiger partial charge in [0.15, 0.2) is 0 Å². The van der Waals surface area contributed by atoms with Gasteiger partial charge >= 0.3 is 6.18 Å². The molecule has 1 aromatic carbocycles. The maximum atomic E-state index is 12.9. The molecule has 7 nitrogen and oxygen atoms in total. The van der Waals surface area contributed by atoms with E-state index in [0.717, 1.165) is 12.1 Å². The summed E-state index contributed by atoms with van der Waals surface area (Å²) >= 11 is 0. The van der Waals surface area contributed by atoms with E-state index in [-0.39, 0.29) is 54.6 Å². The molecule has 0 aromatic heterocycles. The van der Waals surface area contributed by atoms with Crippen LogP contribution in [0.15, 0.2) is 24.3 Å². The number of nitrogens with one attached hydrogen (secondary N) is 2. The van der Waals surface area contributed by atoms with Gasteiger partial charge in [-0.2, -0.15) is 13.2 Å². The maximum absolute atomic E-state index is 12.9. The van der Waals surface area contributed by atoms with Crippen molar-refractivity contribution in [2.45, 2.75) is 44.4 Å². The molecule has 2 N–H and O–H groups in total. The van der Waals surface area contributed by atoms with Gasteiger partial charge in [-0.05, 0) is 49.3 Å². The monoisotopic (exact) mass is 467 g/mol. The zero-order valence-corrected chi connectivity index (χ0v) is 18.2. The van der Waals surface area contributed by atoms with E-state index in [2.05, 4.69) is 10.6 Å². The number of amides is 3. The van der Waals surface area contributed by atoms with Crippen molar-refractivity contribution in [2.24, 2.45) is 17.8 Å². The van der Waals surface area contributed by atoms with E-state index < -0.39 is 11.7 Å². The molecule has 3 amide bonds. The van der Waals surface area contributed by atoms with E-state index in [0.29, 0.717) is 51.0 Å². The van der Waals surface area contributed by atoms with Crippen molar-refractivity contribution in [3.63, 3.8) is 0 Å². The second-order valence-electron chi connectivity index (χ2n) is 9.12. The molecular weight excluding hydrogens is 439 g/mol. The summed E-state index contributed by atoms with van der Waals surface area (Å²) in [4.78, 5) is 39.7. The van der Waals surface area contributed by atoms with Crippen LogP contribution in [-0.2, 0) is 31.8 Å². The van der Waals surface area contributed by atoms with Crippen molar-refractivity contribution in [2.75, 3.05) is 26.3 Å². The third-order valence-corrected chi connectivity index (χ3v) is 6.83. The smallest absolute Gasteiger partial charge is 0.381 e. The van der Waals surface area contributed by atoms with Gasteiger partial charge in [0.25, 0.3) is 0 Å². The number of nitrogens with zero attached hydrogens (tertiary/aromatic N) is 1. The summed E-state index contributed by atoms with van der Waals surface area (Å²) in [6.45, 7) is 1.69. The highest BCUT2D eigenvalue weighted by molar-refractivity contribution is 5.87. The normalized spacial score (nSPS) is 26.3. The lowest BCUT2D eigenvalue weighted by Crippen LogP contribution is -2.43. The first-order valence-electron chi connectivity index (χ1n) is 11.3. The summed E-state index contributed by atoms with van der Waals surface area (Å²) in [5.41, 5.74) is -0.158.